The Morgan fingerprint density at radius 1 is 1.39 bits per heavy atom. The van der Waals surface area contributed by atoms with E-state index >= 15 is 0 Å². The molecule has 0 aliphatic carbocycles. The Morgan fingerprint density at radius 2 is 2.09 bits per heavy atom. The fraction of sp³-hybridized carbons (Fsp3) is 0.600. The third-order valence-electron chi connectivity index (χ3n) is 3.69. The number of hydrogen-bond donors (Lipinski definition) is 1. The zero-order chi connectivity index (χ0) is 17.2. The number of carbonyl (C=O) groups is 1. The SMILES string of the molecule is Cc1cnc(C(=O)N2CCN(CC(F)(F)F)CC(C)C2)c(O)c1. The molecule has 1 N–H and O–H groups in total. The number of rotatable bonds is 2. The number of aromatic hydroxyl groups is 1. The number of aryl methyl sites for hydroxylation is 1. The average Bonchev–Trinajstić information content (AvgIpc) is 2.57. The summed E-state index contributed by atoms with van der Waals surface area (Å²) in [6, 6.07) is 1.44. The molecule has 0 spiro atoms. The van der Waals surface area contributed by atoms with Gasteiger partial charge in [0.05, 0.1) is 6.54 Å². The Labute approximate surface area is 132 Å². The Kier molecular flexibility index (Phi) is 5.13. The Hall–Kier alpha value is -1.83. The normalized spacial score (nSPS) is 20.4. The molecule has 5 nitrogen and oxygen atoms in total. The van der Waals surface area contributed by atoms with E-state index < -0.39 is 18.6 Å². The number of pyridine rings is 1. The zero-order valence-corrected chi connectivity index (χ0v) is 13.1. The molecule has 1 saturated heterocycles. The van der Waals surface area contributed by atoms with Gasteiger partial charge in [-0.1, -0.05) is 6.92 Å². The van der Waals surface area contributed by atoms with E-state index in [-0.39, 0.29) is 37.0 Å². The number of carbonyl (C=O) groups excluding carboxylic acids is 1. The highest BCUT2D eigenvalue weighted by Gasteiger charge is 2.33. The molecular weight excluding hydrogens is 311 g/mol. The van der Waals surface area contributed by atoms with Gasteiger partial charge in [-0.15, -0.1) is 0 Å². The van der Waals surface area contributed by atoms with E-state index in [1.807, 2.05) is 0 Å². The summed E-state index contributed by atoms with van der Waals surface area (Å²) in [6.07, 6.45) is -2.78. The molecule has 1 aromatic rings. The van der Waals surface area contributed by atoms with Gasteiger partial charge in [0, 0.05) is 32.4 Å². The predicted molar refractivity (Wildman–Crippen MR) is 78.2 cm³/mol. The van der Waals surface area contributed by atoms with Crippen molar-refractivity contribution in [3.63, 3.8) is 0 Å². The van der Waals surface area contributed by atoms with Crippen molar-refractivity contribution < 1.29 is 23.1 Å². The van der Waals surface area contributed by atoms with Crippen molar-refractivity contribution >= 4 is 5.91 Å². The summed E-state index contributed by atoms with van der Waals surface area (Å²) in [5.74, 6) is -0.765. The van der Waals surface area contributed by atoms with Crippen LogP contribution >= 0.6 is 0 Å². The first kappa shape index (κ1) is 17.5. The molecule has 0 aromatic carbocycles. The smallest absolute Gasteiger partial charge is 0.401 e. The quantitative estimate of drug-likeness (QED) is 0.901. The Balaban J connectivity index is 2.10. The lowest BCUT2D eigenvalue weighted by Crippen LogP contribution is -2.38. The molecule has 2 heterocycles. The monoisotopic (exact) mass is 331 g/mol. The molecule has 0 radical (unpaired) electrons. The molecular formula is C15H20F3N3O2. The second-order valence-electron chi connectivity index (χ2n) is 6.09. The molecule has 8 heteroatoms. The zero-order valence-electron chi connectivity index (χ0n) is 13.1. The van der Waals surface area contributed by atoms with Crippen LogP contribution in [0.15, 0.2) is 12.3 Å². The van der Waals surface area contributed by atoms with Crippen LogP contribution in [-0.2, 0) is 0 Å². The molecule has 1 atom stereocenters. The number of aromatic nitrogens is 1. The third-order valence-corrected chi connectivity index (χ3v) is 3.69. The van der Waals surface area contributed by atoms with Crippen molar-refractivity contribution in [2.45, 2.75) is 20.0 Å². The lowest BCUT2D eigenvalue weighted by atomic mass is 10.1. The standard InChI is InChI=1S/C15H20F3N3O2/c1-10-5-12(22)13(19-6-10)14(23)21-4-3-20(7-11(2)8-21)9-15(16,17)18/h5-6,11,22H,3-4,7-9H2,1-2H3. The molecule has 1 fully saturated rings. The first-order valence-electron chi connectivity index (χ1n) is 7.39. The molecule has 1 aromatic heterocycles. The van der Waals surface area contributed by atoms with Crippen LogP contribution in [0, 0.1) is 12.8 Å². The summed E-state index contributed by atoms with van der Waals surface area (Å²) in [6.45, 7) is 3.49. The summed E-state index contributed by atoms with van der Waals surface area (Å²) in [4.78, 5) is 19.2. The first-order valence-corrected chi connectivity index (χ1v) is 7.39. The van der Waals surface area contributed by atoms with Crippen LogP contribution in [0.1, 0.15) is 23.0 Å². The highest BCUT2D eigenvalue weighted by atomic mass is 19.4. The van der Waals surface area contributed by atoms with Crippen LogP contribution in [0.3, 0.4) is 0 Å². The van der Waals surface area contributed by atoms with Crippen molar-refractivity contribution in [2.75, 3.05) is 32.7 Å². The second kappa shape index (κ2) is 6.74. The summed E-state index contributed by atoms with van der Waals surface area (Å²) in [5.41, 5.74) is 0.659. The van der Waals surface area contributed by atoms with E-state index in [1.54, 1.807) is 13.8 Å². The van der Waals surface area contributed by atoms with Crippen molar-refractivity contribution in [1.29, 1.82) is 0 Å². The molecule has 1 amide bonds. The minimum atomic E-state index is -4.25. The van der Waals surface area contributed by atoms with Gasteiger partial charge in [0.1, 0.15) is 5.75 Å². The average molecular weight is 331 g/mol. The molecule has 128 valence electrons. The van der Waals surface area contributed by atoms with Gasteiger partial charge in [0.2, 0.25) is 0 Å². The number of alkyl halides is 3. The minimum Gasteiger partial charge on any atom is -0.505 e. The highest BCUT2D eigenvalue weighted by Crippen LogP contribution is 2.21. The van der Waals surface area contributed by atoms with Crippen molar-refractivity contribution in [3.8, 4) is 5.75 Å². The lowest BCUT2D eigenvalue weighted by molar-refractivity contribution is -0.146. The number of nitrogens with zero attached hydrogens (tertiary/aromatic N) is 3. The molecule has 23 heavy (non-hydrogen) atoms. The fourth-order valence-corrected chi connectivity index (χ4v) is 2.77. The summed E-state index contributed by atoms with van der Waals surface area (Å²) in [5, 5.41) is 9.86. The van der Waals surface area contributed by atoms with E-state index in [9.17, 15) is 23.1 Å². The predicted octanol–water partition coefficient (Wildman–Crippen LogP) is 2.05. The maximum atomic E-state index is 12.5. The van der Waals surface area contributed by atoms with E-state index in [0.29, 0.717) is 6.54 Å². The van der Waals surface area contributed by atoms with Gasteiger partial charge in [0.25, 0.3) is 5.91 Å². The van der Waals surface area contributed by atoms with Gasteiger partial charge in [-0.05, 0) is 24.5 Å². The van der Waals surface area contributed by atoms with Crippen LogP contribution < -0.4 is 0 Å². The van der Waals surface area contributed by atoms with Crippen LogP contribution in [-0.4, -0.2) is 64.7 Å². The molecule has 1 aliphatic heterocycles. The largest absolute Gasteiger partial charge is 0.505 e. The van der Waals surface area contributed by atoms with E-state index in [1.165, 1.54) is 22.1 Å². The Morgan fingerprint density at radius 3 is 2.70 bits per heavy atom. The van der Waals surface area contributed by atoms with E-state index in [2.05, 4.69) is 4.98 Å². The van der Waals surface area contributed by atoms with Crippen molar-refractivity contribution in [2.24, 2.45) is 5.92 Å². The van der Waals surface area contributed by atoms with Gasteiger partial charge in [0.15, 0.2) is 5.69 Å². The van der Waals surface area contributed by atoms with Crippen LogP contribution in [0.2, 0.25) is 0 Å². The van der Waals surface area contributed by atoms with Gasteiger partial charge >= 0.3 is 6.18 Å². The van der Waals surface area contributed by atoms with Gasteiger partial charge in [-0.25, -0.2) is 4.98 Å². The lowest BCUT2D eigenvalue weighted by Gasteiger charge is -2.22. The summed E-state index contributed by atoms with van der Waals surface area (Å²) >= 11 is 0. The molecule has 1 unspecified atom stereocenters. The van der Waals surface area contributed by atoms with Crippen molar-refractivity contribution in [1.82, 2.24) is 14.8 Å². The maximum Gasteiger partial charge on any atom is 0.401 e. The van der Waals surface area contributed by atoms with Crippen molar-refractivity contribution in [3.05, 3.63) is 23.5 Å². The minimum absolute atomic E-state index is 0.0629. The van der Waals surface area contributed by atoms with Crippen LogP contribution in [0.4, 0.5) is 13.2 Å². The second-order valence-corrected chi connectivity index (χ2v) is 6.09. The topological polar surface area (TPSA) is 56.7 Å². The van der Waals surface area contributed by atoms with E-state index in [0.717, 1.165) is 5.56 Å². The molecule has 2 rings (SSSR count). The van der Waals surface area contributed by atoms with Crippen LogP contribution in [0.5, 0.6) is 5.75 Å². The summed E-state index contributed by atoms with van der Waals surface area (Å²) in [7, 11) is 0. The third kappa shape index (κ3) is 4.82. The number of hydrogen-bond acceptors (Lipinski definition) is 4. The molecule has 0 saturated carbocycles. The van der Waals surface area contributed by atoms with E-state index in [4.69, 9.17) is 0 Å². The van der Waals surface area contributed by atoms with Crippen LogP contribution in [0.25, 0.3) is 0 Å². The number of halogens is 3. The van der Waals surface area contributed by atoms with Gasteiger partial charge < -0.3 is 10.0 Å². The molecule has 0 bridgehead atoms. The van der Waals surface area contributed by atoms with Gasteiger partial charge in [-0.3, -0.25) is 9.69 Å². The number of amides is 1. The summed E-state index contributed by atoms with van der Waals surface area (Å²) < 4.78 is 37.6. The first-order chi connectivity index (χ1) is 10.7. The maximum absolute atomic E-state index is 12.5. The fourth-order valence-electron chi connectivity index (χ4n) is 2.77. The molecule has 1 aliphatic rings. The van der Waals surface area contributed by atoms with Gasteiger partial charge in [-0.2, -0.15) is 13.2 Å². The highest BCUT2D eigenvalue weighted by molar-refractivity contribution is 5.94. The Bertz CT molecular complexity index is 578.